The molecule has 1 amide bonds. The number of amides is 1. The van der Waals surface area contributed by atoms with Crippen molar-refractivity contribution in [3.63, 3.8) is 0 Å². The fraction of sp³-hybridized carbons (Fsp3) is 0.316. The minimum absolute atomic E-state index is 0.0496. The van der Waals surface area contributed by atoms with Gasteiger partial charge in [-0.15, -0.1) is 0 Å². The van der Waals surface area contributed by atoms with Crippen LogP contribution in [0.15, 0.2) is 42.5 Å². The molecule has 6 heteroatoms. The highest BCUT2D eigenvalue weighted by Crippen LogP contribution is 2.31. The zero-order valence-corrected chi connectivity index (χ0v) is 14.4. The van der Waals surface area contributed by atoms with Gasteiger partial charge in [-0.1, -0.05) is 24.3 Å². The van der Waals surface area contributed by atoms with E-state index in [0.717, 1.165) is 11.3 Å². The zero-order chi connectivity index (χ0) is 17.8. The number of nitrogens with one attached hydrogen (secondary N) is 1. The lowest BCUT2D eigenvalue weighted by Crippen LogP contribution is -2.41. The molecule has 0 spiro atoms. The van der Waals surface area contributed by atoms with Crippen molar-refractivity contribution in [3.05, 3.63) is 59.2 Å². The van der Waals surface area contributed by atoms with Crippen LogP contribution in [0.1, 0.15) is 21.5 Å². The van der Waals surface area contributed by atoms with Crippen LogP contribution in [-0.4, -0.2) is 37.5 Å². The minimum atomic E-state index is -0.556. The van der Waals surface area contributed by atoms with E-state index in [2.05, 4.69) is 24.0 Å². The number of carbonyl (C=O) groups is 1. The molecule has 1 atom stereocenters. The number of hydroxylamine groups is 1. The lowest BCUT2D eigenvalue weighted by Gasteiger charge is -2.32. The van der Waals surface area contributed by atoms with Gasteiger partial charge in [0.15, 0.2) is 0 Å². The number of benzene rings is 2. The first-order chi connectivity index (χ1) is 12.1. The van der Waals surface area contributed by atoms with Crippen molar-refractivity contribution in [2.75, 3.05) is 25.2 Å². The number of carbonyl (C=O) groups excluding carboxylic acids is 1. The van der Waals surface area contributed by atoms with Crippen LogP contribution in [0, 0.1) is 6.92 Å². The van der Waals surface area contributed by atoms with Gasteiger partial charge in [0.2, 0.25) is 0 Å². The highest BCUT2D eigenvalue weighted by atomic mass is 16.5. The normalized spacial score (nSPS) is 16.6. The molecular weight excluding hydrogens is 320 g/mol. The number of methoxy groups -OCH3 is 1. The number of anilines is 1. The number of hydrogen-bond acceptors (Lipinski definition) is 5. The summed E-state index contributed by atoms with van der Waals surface area (Å²) in [4.78, 5) is 13.9. The van der Waals surface area contributed by atoms with Gasteiger partial charge in [0.25, 0.3) is 5.91 Å². The first-order valence-electron chi connectivity index (χ1n) is 8.15. The summed E-state index contributed by atoms with van der Waals surface area (Å²) in [6.45, 7) is 3.71. The topological polar surface area (TPSA) is 71.0 Å². The van der Waals surface area contributed by atoms with Gasteiger partial charge in [-0.05, 0) is 30.7 Å². The Balaban J connectivity index is 1.98. The first-order valence-corrected chi connectivity index (χ1v) is 8.15. The number of fused-ring (bicyclic) bond motifs is 1. The quantitative estimate of drug-likeness (QED) is 0.660. The molecule has 2 aromatic rings. The van der Waals surface area contributed by atoms with E-state index < -0.39 is 5.91 Å². The molecule has 132 valence electrons. The third-order valence-corrected chi connectivity index (χ3v) is 4.43. The number of rotatable bonds is 4. The first kappa shape index (κ1) is 17.3. The van der Waals surface area contributed by atoms with Crippen LogP contribution in [0.5, 0.6) is 5.75 Å². The number of nitrogens with zero attached hydrogens (tertiary/aromatic N) is 1. The Bertz CT molecular complexity index is 763. The minimum Gasteiger partial charge on any atom is -0.491 e. The van der Waals surface area contributed by atoms with Gasteiger partial charge < -0.3 is 14.4 Å². The number of aryl methyl sites for hydroxylation is 1. The second-order valence-electron chi connectivity index (χ2n) is 6.10. The van der Waals surface area contributed by atoms with Crippen molar-refractivity contribution >= 4 is 11.6 Å². The molecule has 0 aromatic heterocycles. The van der Waals surface area contributed by atoms with E-state index in [-0.39, 0.29) is 6.04 Å². The summed E-state index contributed by atoms with van der Waals surface area (Å²) in [5.41, 5.74) is 5.31. The maximum absolute atomic E-state index is 11.6. The van der Waals surface area contributed by atoms with Crippen molar-refractivity contribution in [2.45, 2.75) is 19.5 Å². The Morgan fingerprint density at radius 3 is 2.88 bits per heavy atom. The third-order valence-electron chi connectivity index (χ3n) is 4.43. The summed E-state index contributed by atoms with van der Waals surface area (Å²) in [5.74, 6) is 0.0955. The third kappa shape index (κ3) is 3.60. The summed E-state index contributed by atoms with van der Waals surface area (Å²) in [6.07, 6.45) is 0. The molecule has 25 heavy (non-hydrogen) atoms. The van der Waals surface area contributed by atoms with E-state index in [1.807, 2.05) is 18.2 Å². The summed E-state index contributed by atoms with van der Waals surface area (Å²) < 4.78 is 11.3. The maximum atomic E-state index is 11.6. The van der Waals surface area contributed by atoms with E-state index in [9.17, 15) is 4.79 Å². The monoisotopic (exact) mass is 342 g/mol. The molecule has 1 aliphatic rings. The number of hydrogen-bond donors (Lipinski definition) is 2. The number of ether oxygens (including phenoxy) is 2. The van der Waals surface area contributed by atoms with Gasteiger partial charge in [0.1, 0.15) is 12.4 Å². The zero-order valence-electron chi connectivity index (χ0n) is 14.4. The second-order valence-corrected chi connectivity index (χ2v) is 6.10. The molecule has 2 aromatic carbocycles. The molecule has 2 N–H and O–H groups in total. The predicted molar refractivity (Wildman–Crippen MR) is 94.2 cm³/mol. The molecule has 0 unspecified atom stereocenters. The van der Waals surface area contributed by atoms with Crippen LogP contribution < -0.4 is 15.1 Å². The summed E-state index contributed by atoms with van der Waals surface area (Å²) in [7, 11) is 1.68. The van der Waals surface area contributed by atoms with Crippen LogP contribution >= 0.6 is 0 Å². The van der Waals surface area contributed by atoms with E-state index >= 15 is 0 Å². The van der Waals surface area contributed by atoms with Crippen LogP contribution in [0.3, 0.4) is 0 Å². The lowest BCUT2D eigenvalue weighted by atomic mass is 10.1. The molecule has 0 fully saturated rings. The van der Waals surface area contributed by atoms with Gasteiger partial charge in [0.05, 0.1) is 12.6 Å². The van der Waals surface area contributed by atoms with E-state index in [1.165, 1.54) is 5.56 Å². The summed E-state index contributed by atoms with van der Waals surface area (Å²) >= 11 is 0. The highest BCUT2D eigenvalue weighted by Gasteiger charge is 2.26. The standard InChI is InChI=1S/C19H22N2O4/c1-13-5-3-4-6-17(13)21-10-15-8-7-14(19(22)20-23)9-18(15)25-12-16(21)11-24-2/h3-9,16,23H,10-12H2,1-2H3,(H,20,22)/t16-/m0/s1. The number of para-hydroxylation sites is 1. The molecule has 6 nitrogen and oxygen atoms in total. The fourth-order valence-electron chi connectivity index (χ4n) is 3.11. The molecule has 3 rings (SSSR count). The molecule has 0 saturated heterocycles. The lowest BCUT2D eigenvalue weighted by molar-refractivity contribution is 0.0706. The van der Waals surface area contributed by atoms with Gasteiger partial charge in [-0.2, -0.15) is 0 Å². The van der Waals surface area contributed by atoms with Crippen molar-refractivity contribution in [2.24, 2.45) is 0 Å². The van der Waals surface area contributed by atoms with Gasteiger partial charge in [-0.3, -0.25) is 10.0 Å². The van der Waals surface area contributed by atoms with Crippen molar-refractivity contribution in [3.8, 4) is 5.75 Å². The average molecular weight is 342 g/mol. The van der Waals surface area contributed by atoms with Crippen molar-refractivity contribution in [1.82, 2.24) is 5.48 Å². The Morgan fingerprint density at radius 1 is 1.36 bits per heavy atom. The second kappa shape index (κ2) is 7.55. The van der Waals surface area contributed by atoms with Crippen molar-refractivity contribution in [1.29, 1.82) is 0 Å². The molecule has 1 aliphatic heterocycles. The molecule has 0 saturated carbocycles. The van der Waals surface area contributed by atoms with Crippen molar-refractivity contribution < 1.29 is 19.5 Å². The average Bonchev–Trinajstić information content (AvgIpc) is 2.81. The Labute approximate surface area is 146 Å². The Hall–Kier alpha value is -2.57. The van der Waals surface area contributed by atoms with Gasteiger partial charge in [0, 0.05) is 30.5 Å². The fourth-order valence-corrected chi connectivity index (χ4v) is 3.11. The van der Waals surface area contributed by atoms with Crippen LogP contribution in [0.2, 0.25) is 0 Å². The molecule has 0 bridgehead atoms. The maximum Gasteiger partial charge on any atom is 0.274 e. The van der Waals surface area contributed by atoms with E-state index in [0.29, 0.717) is 31.1 Å². The Morgan fingerprint density at radius 2 is 2.16 bits per heavy atom. The smallest absolute Gasteiger partial charge is 0.274 e. The molecule has 1 heterocycles. The summed E-state index contributed by atoms with van der Waals surface area (Å²) in [5, 5.41) is 8.82. The largest absolute Gasteiger partial charge is 0.491 e. The van der Waals surface area contributed by atoms with Gasteiger partial charge in [-0.25, -0.2) is 5.48 Å². The molecule has 0 radical (unpaired) electrons. The molecular formula is C19H22N2O4. The van der Waals surface area contributed by atoms with Crippen LogP contribution in [0.25, 0.3) is 0 Å². The predicted octanol–water partition coefficient (Wildman–Crippen LogP) is 2.53. The SMILES string of the molecule is COC[C@H]1COc2cc(C(=O)NO)ccc2CN1c1ccccc1C. The van der Waals surface area contributed by atoms with Crippen LogP contribution in [-0.2, 0) is 11.3 Å². The van der Waals surface area contributed by atoms with E-state index in [4.69, 9.17) is 14.7 Å². The highest BCUT2D eigenvalue weighted by molar-refractivity contribution is 5.93. The summed E-state index contributed by atoms with van der Waals surface area (Å²) in [6, 6.07) is 13.5. The van der Waals surface area contributed by atoms with Gasteiger partial charge >= 0.3 is 0 Å². The van der Waals surface area contributed by atoms with E-state index in [1.54, 1.807) is 24.7 Å². The Kier molecular flexibility index (Phi) is 5.21. The van der Waals surface area contributed by atoms with Crippen LogP contribution in [0.4, 0.5) is 5.69 Å². The molecule has 0 aliphatic carbocycles.